The number of carbonyl (C=O) groups is 1. The molecule has 0 aliphatic carbocycles. The van der Waals surface area contributed by atoms with E-state index in [0.29, 0.717) is 19.6 Å². The van der Waals surface area contributed by atoms with Crippen molar-refractivity contribution < 1.29 is 14.3 Å². The molecule has 17 heavy (non-hydrogen) atoms. The van der Waals surface area contributed by atoms with Crippen LogP contribution in [0.25, 0.3) is 0 Å². The first-order valence-corrected chi connectivity index (χ1v) is 6.19. The van der Waals surface area contributed by atoms with E-state index < -0.39 is 6.04 Å². The summed E-state index contributed by atoms with van der Waals surface area (Å²) in [6.07, 6.45) is 0.863. The van der Waals surface area contributed by atoms with Crippen LogP contribution in [0.3, 0.4) is 0 Å². The van der Waals surface area contributed by atoms with Crippen molar-refractivity contribution in [3.8, 4) is 0 Å². The standard InChI is InChI=1S/C12H26N2O3/c1-5-16-12(15)11(13)6-7-14(4)8-9-17-10(2)3/h10-11H,5-9,13H2,1-4H3. The molecule has 5 nitrogen and oxygen atoms in total. The Hall–Kier alpha value is -0.650. The molecule has 102 valence electrons. The maximum Gasteiger partial charge on any atom is 0.322 e. The highest BCUT2D eigenvalue weighted by atomic mass is 16.5. The van der Waals surface area contributed by atoms with Crippen molar-refractivity contribution in [3.05, 3.63) is 0 Å². The van der Waals surface area contributed by atoms with Gasteiger partial charge in [0, 0.05) is 6.54 Å². The molecule has 0 amide bonds. The van der Waals surface area contributed by atoms with Gasteiger partial charge in [-0.3, -0.25) is 4.79 Å². The molecule has 0 bridgehead atoms. The van der Waals surface area contributed by atoms with Crippen LogP contribution in [0.5, 0.6) is 0 Å². The third-order valence-electron chi connectivity index (χ3n) is 2.34. The Morgan fingerprint density at radius 3 is 2.53 bits per heavy atom. The van der Waals surface area contributed by atoms with Gasteiger partial charge in [-0.25, -0.2) is 0 Å². The fraction of sp³-hybridized carbons (Fsp3) is 0.917. The Labute approximate surface area is 104 Å². The first-order chi connectivity index (χ1) is 7.97. The minimum Gasteiger partial charge on any atom is -0.465 e. The van der Waals surface area contributed by atoms with Crippen LogP contribution >= 0.6 is 0 Å². The van der Waals surface area contributed by atoms with E-state index in [1.54, 1.807) is 6.92 Å². The molecule has 1 atom stereocenters. The minimum absolute atomic E-state index is 0.255. The van der Waals surface area contributed by atoms with E-state index in [1.165, 1.54) is 0 Å². The number of hydrogen-bond acceptors (Lipinski definition) is 5. The van der Waals surface area contributed by atoms with Crippen LogP contribution in [0.2, 0.25) is 0 Å². The van der Waals surface area contributed by atoms with Gasteiger partial charge < -0.3 is 20.1 Å². The smallest absolute Gasteiger partial charge is 0.322 e. The highest BCUT2D eigenvalue weighted by Gasteiger charge is 2.14. The average Bonchev–Trinajstić information content (AvgIpc) is 2.25. The lowest BCUT2D eigenvalue weighted by molar-refractivity contribution is -0.144. The second kappa shape index (κ2) is 9.39. The summed E-state index contributed by atoms with van der Waals surface area (Å²) < 4.78 is 10.3. The zero-order valence-electron chi connectivity index (χ0n) is 11.4. The van der Waals surface area contributed by atoms with Gasteiger partial charge in [0.25, 0.3) is 0 Å². The number of nitrogens with zero attached hydrogens (tertiary/aromatic N) is 1. The quantitative estimate of drug-likeness (QED) is 0.604. The van der Waals surface area contributed by atoms with Crippen molar-refractivity contribution in [2.24, 2.45) is 5.73 Å². The first kappa shape index (κ1) is 16.4. The molecular weight excluding hydrogens is 220 g/mol. The molecule has 0 spiro atoms. The predicted octanol–water partition coefficient (Wildman–Crippen LogP) is 0.624. The molecule has 0 fully saturated rings. The molecular formula is C12H26N2O3. The summed E-state index contributed by atoms with van der Waals surface area (Å²) in [4.78, 5) is 13.4. The van der Waals surface area contributed by atoms with Gasteiger partial charge in [0.15, 0.2) is 0 Å². The van der Waals surface area contributed by atoms with E-state index in [-0.39, 0.29) is 12.1 Å². The third-order valence-corrected chi connectivity index (χ3v) is 2.34. The van der Waals surface area contributed by atoms with Crippen LogP contribution in [-0.2, 0) is 14.3 Å². The van der Waals surface area contributed by atoms with E-state index in [1.807, 2.05) is 20.9 Å². The fourth-order valence-corrected chi connectivity index (χ4v) is 1.28. The van der Waals surface area contributed by atoms with E-state index in [9.17, 15) is 4.79 Å². The Morgan fingerprint density at radius 2 is 2.00 bits per heavy atom. The van der Waals surface area contributed by atoms with Gasteiger partial charge in [-0.2, -0.15) is 0 Å². The second-order valence-corrected chi connectivity index (χ2v) is 4.37. The number of nitrogens with two attached hydrogens (primary N) is 1. The second-order valence-electron chi connectivity index (χ2n) is 4.37. The highest BCUT2D eigenvalue weighted by molar-refractivity contribution is 5.75. The lowest BCUT2D eigenvalue weighted by atomic mass is 10.2. The monoisotopic (exact) mass is 246 g/mol. The average molecular weight is 246 g/mol. The molecule has 0 heterocycles. The number of hydrogen-bond donors (Lipinski definition) is 1. The fourth-order valence-electron chi connectivity index (χ4n) is 1.28. The minimum atomic E-state index is -0.525. The summed E-state index contributed by atoms with van der Waals surface area (Å²) >= 11 is 0. The maximum absolute atomic E-state index is 11.3. The van der Waals surface area contributed by atoms with E-state index in [0.717, 1.165) is 13.1 Å². The molecule has 5 heteroatoms. The van der Waals surface area contributed by atoms with E-state index in [4.69, 9.17) is 15.2 Å². The van der Waals surface area contributed by atoms with Crippen molar-refractivity contribution in [2.75, 3.05) is 33.4 Å². The predicted molar refractivity (Wildman–Crippen MR) is 67.8 cm³/mol. The molecule has 2 N–H and O–H groups in total. The van der Waals surface area contributed by atoms with Crippen LogP contribution < -0.4 is 5.73 Å². The molecule has 0 aromatic heterocycles. The van der Waals surface area contributed by atoms with Crippen molar-refractivity contribution >= 4 is 5.97 Å². The van der Waals surface area contributed by atoms with Gasteiger partial charge in [-0.1, -0.05) is 0 Å². The van der Waals surface area contributed by atoms with E-state index in [2.05, 4.69) is 4.90 Å². The first-order valence-electron chi connectivity index (χ1n) is 6.19. The van der Waals surface area contributed by atoms with Crippen LogP contribution in [0.15, 0.2) is 0 Å². The SMILES string of the molecule is CCOC(=O)C(N)CCN(C)CCOC(C)C. The van der Waals surface area contributed by atoms with Gasteiger partial charge in [-0.15, -0.1) is 0 Å². The number of rotatable bonds is 9. The Kier molecular flexibility index (Phi) is 9.03. The third kappa shape index (κ3) is 9.09. The molecule has 0 aromatic carbocycles. The zero-order chi connectivity index (χ0) is 13.3. The largest absolute Gasteiger partial charge is 0.465 e. The summed E-state index contributed by atoms with van der Waals surface area (Å²) in [5, 5.41) is 0. The molecule has 0 aromatic rings. The lowest BCUT2D eigenvalue weighted by Crippen LogP contribution is -2.36. The Morgan fingerprint density at radius 1 is 1.35 bits per heavy atom. The molecule has 0 saturated heterocycles. The zero-order valence-corrected chi connectivity index (χ0v) is 11.4. The van der Waals surface area contributed by atoms with Gasteiger partial charge in [0.05, 0.1) is 19.3 Å². The summed E-state index contributed by atoms with van der Waals surface area (Å²) in [6, 6.07) is -0.525. The molecule has 0 rings (SSSR count). The van der Waals surface area contributed by atoms with Gasteiger partial charge >= 0.3 is 5.97 Å². The summed E-state index contributed by atoms with van der Waals surface area (Å²) in [6.45, 7) is 8.48. The van der Waals surface area contributed by atoms with Gasteiger partial charge in [0.2, 0.25) is 0 Å². The van der Waals surface area contributed by atoms with Crippen LogP contribution in [0.1, 0.15) is 27.2 Å². The molecule has 0 aliphatic rings. The molecule has 0 saturated carbocycles. The summed E-state index contributed by atoms with van der Waals surface area (Å²) in [5.74, 6) is -0.320. The highest BCUT2D eigenvalue weighted by Crippen LogP contribution is 1.96. The van der Waals surface area contributed by atoms with Crippen LogP contribution in [0.4, 0.5) is 0 Å². The van der Waals surface area contributed by atoms with Gasteiger partial charge in [-0.05, 0) is 40.8 Å². The topological polar surface area (TPSA) is 64.8 Å². The Balaban J connectivity index is 3.61. The lowest BCUT2D eigenvalue weighted by Gasteiger charge is -2.19. The summed E-state index contributed by atoms with van der Waals surface area (Å²) in [5.41, 5.74) is 5.70. The number of ether oxygens (including phenoxy) is 2. The summed E-state index contributed by atoms with van der Waals surface area (Å²) in [7, 11) is 1.99. The molecule has 0 aliphatic heterocycles. The van der Waals surface area contributed by atoms with Crippen molar-refractivity contribution in [1.29, 1.82) is 0 Å². The molecule has 1 unspecified atom stereocenters. The van der Waals surface area contributed by atoms with E-state index >= 15 is 0 Å². The number of esters is 1. The normalized spacial score (nSPS) is 13.1. The van der Waals surface area contributed by atoms with Crippen LogP contribution in [-0.4, -0.2) is 56.4 Å². The molecule has 0 radical (unpaired) electrons. The Bertz CT molecular complexity index is 210. The van der Waals surface area contributed by atoms with Gasteiger partial charge in [0.1, 0.15) is 6.04 Å². The maximum atomic E-state index is 11.3. The number of likely N-dealkylation sites (N-methyl/N-ethyl adjacent to an activating group) is 1. The van der Waals surface area contributed by atoms with Crippen molar-refractivity contribution in [2.45, 2.75) is 39.3 Å². The number of carbonyl (C=O) groups excluding carboxylic acids is 1. The van der Waals surface area contributed by atoms with Crippen molar-refractivity contribution in [1.82, 2.24) is 4.90 Å². The van der Waals surface area contributed by atoms with Crippen molar-refractivity contribution in [3.63, 3.8) is 0 Å². The van der Waals surface area contributed by atoms with Crippen LogP contribution in [0, 0.1) is 0 Å².